The van der Waals surface area contributed by atoms with Crippen LogP contribution in [0.2, 0.25) is 0 Å². The monoisotopic (exact) mass is 412 g/mol. The van der Waals surface area contributed by atoms with Crippen LogP contribution in [0.25, 0.3) is 6.08 Å². The summed E-state index contributed by atoms with van der Waals surface area (Å²) in [5, 5.41) is 12.5. The van der Waals surface area contributed by atoms with Crippen LogP contribution in [0.15, 0.2) is 23.8 Å². The summed E-state index contributed by atoms with van der Waals surface area (Å²) in [4.78, 5) is 25.8. The van der Waals surface area contributed by atoms with E-state index in [1.54, 1.807) is 32.0 Å². The molecule has 1 aromatic carbocycles. The molecule has 1 aromatic heterocycles. The number of hydrogen-bond acceptors (Lipinski definition) is 7. The number of amides is 1. The zero-order valence-electron chi connectivity index (χ0n) is 16.3. The minimum atomic E-state index is -0.603. The lowest BCUT2D eigenvalue weighted by Crippen LogP contribution is -2.16. The van der Waals surface area contributed by atoms with Gasteiger partial charge >= 0.3 is 5.97 Å². The van der Waals surface area contributed by atoms with Crippen LogP contribution >= 0.6 is 11.3 Å². The second-order valence-electron chi connectivity index (χ2n) is 6.23. The zero-order chi connectivity index (χ0) is 21.0. The van der Waals surface area contributed by atoms with Gasteiger partial charge in [0.1, 0.15) is 29.9 Å². The number of benzene rings is 1. The standard InChI is InChI=1S/C21H20N2O5S/c1-4-26-21(25)18-12(2)13(3)29-20(18)23-19(24)15(11-22)9-14-5-6-16-17(10-14)28-8-7-27-16/h5-6,9-10H,4,7-8H2,1-3H3,(H,23,24). The molecule has 2 aromatic rings. The van der Waals surface area contributed by atoms with Crippen molar-refractivity contribution in [3.8, 4) is 17.6 Å². The van der Waals surface area contributed by atoms with Gasteiger partial charge in [-0.1, -0.05) is 6.07 Å². The summed E-state index contributed by atoms with van der Waals surface area (Å²) in [6.45, 7) is 6.52. The number of hydrogen-bond donors (Lipinski definition) is 1. The van der Waals surface area contributed by atoms with Gasteiger partial charge in [0, 0.05) is 4.88 Å². The van der Waals surface area contributed by atoms with Gasteiger partial charge in [-0.25, -0.2) is 4.79 Å². The van der Waals surface area contributed by atoms with Gasteiger partial charge in [-0.05, 0) is 50.1 Å². The van der Waals surface area contributed by atoms with E-state index in [0.717, 1.165) is 10.4 Å². The van der Waals surface area contributed by atoms with Gasteiger partial charge in [-0.3, -0.25) is 4.79 Å². The van der Waals surface area contributed by atoms with Crippen LogP contribution in [-0.4, -0.2) is 31.7 Å². The maximum Gasteiger partial charge on any atom is 0.341 e. The molecule has 0 saturated carbocycles. The predicted octanol–water partition coefficient (Wildman–Crippen LogP) is 3.86. The average molecular weight is 412 g/mol. The van der Waals surface area contributed by atoms with Gasteiger partial charge in [-0.2, -0.15) is 5.26 Å². The molecule has 1 aliphatic heterocycles. The van der Waals surface area contributed by atoms with Crippen molar-refractivity contribution in [2.45, 2.75) is 20.8 Å². The first-order chi connectivity index (χ1) is 13.9. The first-order valence-corrected chi connectivity index (χ1v) is 9.86. The van der Waals surface area contributed by atoms with Crippen molar-refractivity contribution in [3.05, 3.63) is 45.3 Å². The maximum absolute atomic E-state index is 12.7. The molecule has 0 fully saturated rings. The molecule has 1 aliphatic rings. The van der Waals surface area contributed by atoms with Crippen LogP contribution in [0.1, 0.15) is 33.3 Å². The van der Waals surface area contributed by atoms with E-state index >= 15 is 0 Å². The van der Waals surface area contributed by atoms with E-state index in [1.807, 2.05) is 13.0 Å². The fourth-order valence-electron chi connectivity index (χ4n) is 2.80. The fourth-order valence-corrected chi connectivity index (χ4v) is 3.84. The second kappa shape index (κ2) is 8.80. The predicted molar refractivity (Wildman–Crippen MR) is 109 cm³/mol. The molecule has 0 aliphatic carbocycles. The first-order valence-electron chi connectivity index (χ1n) is 9.04. The molecule has 3 rings (SSSR count). The number of carbonyl (C=O) groups is 2. The van der Waals surface area contributed by atoms with Gasteiger partial charge in [-0.15, -0.1) is 11.3 Å². The number of nitrogens with zero attached hydrogens (tertiary/aromatic N) is 1. The number of ether oxygens (including phenoxy) is 3. The van der Waals surface area contributed by atoms with Gasteiger partial charge in [0.15, 0.2) is 11.5 Å². The van der Waals surface area contributed by atoms with E-state index in [9.17, 15) is 14.9 Å². The van der Waals surface area contributed by atoms with Crippen LogP contribution in [-0.2, 0) is 9.53 Å². The third-order valence-electron chi connectivity index (χ3n) is 4.33. The second-order valence-corrected chi connectivity index (χ2v) is 7.46. The molecule has 1 amide bonds. The SMILES string of the molecule is CCOC(=O)c1c(NC(=O)C(C#N)=Cc2ccc3c(c2)OCCO3)sc(C)c1C. The van der Waals surface area contributed by atoms with E-state index in [-0.39, 0.29) is 12.2 Å². The van der Waals surface area contributed by atoms with Crippen molar-refractivity contribution in [3.63, 3.8) is 0 Å². The molecule has 0 saturated heterocycles. The number of fused-ring (bicyclic) bond motifs is 1. The van der Waals surface area contributed by atoms with E-state index in [1.165, 1.54) is 17.4 Å². The van der Waals surface area contributed by atoms with Crippen molar-refractivity contribution in [2.24, 2.45) is 0 Å². The average Bonchev–Trinajstić information content (AvgIpc) is 2.99. The van der Waals surface area contributed by atoms with Gasteiger partial charge < -0.3 is 19.5 Å². The molecular weight excluding hydrogens is 392 g/mol. The Hall–Kier alpha value is -3.31. The summed E-state index contributed by atoms with van der Waals surface area (Å²) >= 11 is 1.27. The number of esters is 1. The Labute approximate surface area is 172 Å². The Morgan fingerprint density at radius 1 is 1.28 bits per heavy atom. The minimum absolute atomic E-state index is 0.0970. The van der Waals surface area contributed by atoms with Crippen molar-refractivity contribution < 1.29 is 23.8 Å². The molecule has 0 spiro atoms. The van der Waals surface area contributed by atoms with Crippen molar-refractivity contribution >= 4 is 34.3 Å². The molecule has 7 nitrogen and oxygen atoms in total. The number of aryl methyl sites for hydroxylation is 1. The van der Waals surface area contributed by atoms with Crippen LogP contribution in [0.3, 0.4) is 0 Å². The number of thiophene rings is 1. The molecule has 0 radical (unpaired) electrons. The molecule has 0 atom stereocenters. The molecule has 150 valence electrons. The topological polar surface area (TPSA) is 97.7 Å². The van der Waals surface area contributed by atoms with Crippen molar-refractivity contribution in [1.29, 1.82) is 5.26 Å². The van der Waals surface area contributed by atoms with Crippen molar-refractivity contribution in [2.75, 3.05) is 25.1 Å². The quantitative estimate of drug-likeness (QED) is 0.455. The Balaban J connectivity index is 1.86. The Bertz CT molecular complexity index is 1030. The third-order valence-corrected chi connectivity index (χ3v) is 5.46. The highest BCUT2D eigenvalue weighted by molar-refractivity contribution is 7.16. The molecule has 2 heterocycles. The summed E-state index contributed by atoms with van der Waals surface area (Å²) < 4.78 is 16.1. The lowest BCUT2D eigenvalue weighted by atomic mass is 10.1. The molecule has 0 unspecified atom stereocenters. The summed E-state index contributed by atoms with van der Waals surface area (Å²) in [5.74, 6) is 0.0879. The summed E-state index contributed by atoms with van der Waals surface area (Å²) in [7, 11) is 0. The zero-order valence-corrected chi connectivity index (χ0v) is 17.1. The van der Waals surface area contributed by atoms with Crippen LogP contribution < -0.4 is 14.8 Å². The van der Waals surface area contributed by atoms with E-state index in [2.05, 4.69) is 5.32 Å². The number of anilines is 1. The summed E-state index contributed by atoms with van der Waals surface area (Å²) in [5.41, 5.74) is 1.60. The largest absolute Gasteiger partial charge is 0.486 e. The summed E-state index contributed by atoms with van der Waals surface area (Å²) in [6.07, 6.45) is 1.46. The molecular formula is C21H20N2O5S. The fraction of sp³-hybridized carbons (Fsp3) is 0.286. The molecule has 1 N–H and O–H groups in total. The van der Waals surface area contributed by atoms with Crippen LogP contribution in [0, 0.1) is 25.2 Å². The maximum atomic E-state index is 12.7. The Kier molecular flexibility index (Phi) is 6.20. The highest BCUT2D eigenvalue weighted by Crippen LogP contribution is 2.34. The highest BCUT2D eigenvalue weighted by Gasteiger charge is 2.23. The highest BCUT2D eigenvalue weighted by atomic mass is 32.1. The Morgan fingerprint density at radius 2 is 2.00 bits per heavy atom. The molecule has 0 bridgehead atoms. The normalized spacial score (nSPS) is 12.8. The summed E-state index contributed by atoms with van der Waals surface area (Å²) in [6, 6.07) is 7.09. The first kappa shape index (κ1) is 20.4. The lowest BCUT2D eigenvalue weighted by molar-refractivity contribution is -0.112. The van der Waals surface area contributed by atoms with E-state index in [0.29, 0.717) is 40.8 Å². The van der Waals surface area contributed by atoms with Gasteiger partial charge in [0.25, 0.3) is 5.91 Å². The van der Waals surface area contributed by atoms with Gasteiger partial charge in [0.2, 0.25) is 0 Å². The smallest absolute Gasteiger partial charge is 0.341 e. The lowest BCUT2D eigenvalue weighted by Gasteiger charge is -2.18. The number of nitrogens with one attached hydrogen (secondary N) is 1. The van der Waals surface area contributed by atoms with Crippen LogP contribution in [0.5, 0.6) is 11.5 Å². The third kappa shape index (κ3) is 4.41. The van der Waals surface area contributed by atoms with E-state index in [4.69, 9.17) is 14.2 Å². The number of nitriles is 1. The molecule has 29 heavy (non-hydrogen) atoms. The molecule has 8 heteroatoms. The minimum Gasteiger partial charge on any atom is -0.486 e. The number of rotatable bonds is 5. The van der Waals surface area contributed by atoms with Crippen molar-refractivity contribution in [1.82, 2.24) is 0 Å². The number of carbonyl (C=O) groups excluding carboxylic acids is 2. The van der Waals surface area contributed by atoms with E-state index < -0.39 is 11.9 Å². The Morgan fingerprint density at radius 3 is 2.69 bits per heavy atom. The van der Waals surface area contributed by atoms with Crippen LogP contribution in [0.4, 0.5) is 5.00 Å². The van der Waals surface area contributed by atoms with Gasteiger partial charge in [0.05, 0.1) is 12.2 Å².